The Morgan fingerprint density at radius 1 is 1.35 bits per heavy atom. The number of nitrogens with one attached hydrogen (secondary N) is 1. The van der Waals surface area contributed by atoms with Gasteiger partial charge in [-0.3, -0.25) is 4.79 Å². The molecule has 0 unspecified atom stereocenters. The van der Waals surface area contributed by atoms with Gasteiger partial charge in [-0.1, -0.05) is 43.1 Å². The van der Waals surface area contributed by atoms with Crippen LogP contribution in [0.3, 0.4) is 0 Å². The minimum Gasteiger partial charge on any atom is -0.309 e. The van der Waals surface area contributed by atoms with E-state index in [2.05, 4.69) is 9.97 Å². The number of rotatable bonds is 3. The summed E-state index contributed by atoms with van der Waals surface area (Å²) in [5, 5.41) is 1.16. The van der Waals surface area contributed by atoms with Crippen molar-refractivity contribution < 1.29 is 0 Å². The second kappa shape index (κ2) is 6.45. The van der Waals surface area contributed by atoms with Crippen molar-refractivity contribution in [2.45, 2.75) is 26.2 Å². The van der Waals surface area contributed by atoms with Gasteiger partial charge in [-0.25, -0.2) is 4.98 Å². The maximum Gasteiger partial charge on any atom is 0.264 e. The summed E-state index contributed by atoms with van der Waals surface area (Å²) in [6, 6.07) is 5.31. The van der Waals surface area contributed by atoms with Crippen LogP contribution in [0.4, 0.5) is 0 Å². The highest BCUT2D eigenvalue weighted by Crippen LogP contribution is 2.23. The lowest BCUT2D eigenvalue weighted by Crippen LogP contribution is -2.19. The third-order valence-electron chi connectivity index (χ3n) is 2.86. The molecule has 0 aliphatic heterocycles. The van der Waals surface area contributed by atoms with E-state index < -0.39 is 0 Å². The molecule has 2 rings (SSSR count). The third kappa shape index (κ3) is 3.54. The molecule has 0 aliphatic rings. The van der Waals surface area contributed by atoms with E-state index >= 15 is 0 Å². The van der Waals surface area contributed by atoms with Gasteiger partial charge in [0.15, 0.2) is 0 Å². The number of H-pyrrole nitrogens is 1. The van der Waals surface area contributed by atoms with Gasteiger partial charge in [-0.2, -0.15) is 0 Å². The number of aromatic nitrogens is 2. The monoisotopic (exact) mass is 422 g/mol. The van der Waals surface area contributed by atoms with Crippen molar-refractivity contribution in [1.82, 2.24) is 9.97 Å². The zero-order chi connectivity index (χ0) is 14.9. The minimum atomic E-state index is -0.107. The van der Waals surface area contributed by atoms with E-state index in [1.807, 2.05) is 42.5 Å². The van der Waals surface area contributed by atoms with Crippen LogP contribution in [-0.4, -0.2) is 9.97 Å². The van der Waals surface area contributed by atoms with Crippen molar-refractivity contribution in [3.05, 3.63) is 59.3 Å². The molecule has 0 saturated carbocycles. The number of benzene rings is 1. The van der Waals surface area contributed by atoms with E-state index in [0.29, 0.717) is 25.9 Å². The Labute approximate surface area is 140 Å². The zero-order valence-electron chi connectivity index (χ0n) is 11.0. The molecule has 0 radical (unpaired) electrons. The Morgan fingerprint density at radius 3 is 2.65 bits per heavy atom. The molecule has 0 aliphatic carbocycles. The fourth-order valence-corrected chi connectivity index (χ4v) is 3.19. The Kier molecular flexibility index (Phi) is 5.09. The lowest BCUT2D eigenvalue weighted by Gasteiger charge is -2.10. The van der Waals surface area contributed by atoms with Gasteiger partial charge in [-0.15, -0.1) is 0 Å². The highest BCUT2D eigenvalue weighted by atomic mass is 127. The predicted octanol–water partition coefficient (Wildman–Crippen LogP) is 4.40. The number of nitrogens with zero attached hydrogens (tertiary/aromatic N) is 1. The summed E-state index contributed by atoms with van der Waals surface area (Å²) < 4.78 is 0.642. The molecule has 20 heavy (non-hydrogen) atoms. The molecular formula is C14H13Cl2IN2O. The Hall–Kier alpha value is -0.590. The van der Waals surface area contributed by atoms with Crippen LogP contribution >= 0.6 is 45.8 Å². The smallest absolute Gasteiger partial charge is 0.264 e. The number of hydrogen-bond acceptors (Lipinski definition) is 2. The first-order chi connectivity index (χ1) is 9.38. The summed E-state index contributed by atoms with van der Waals surface area (Å²) in [6.45, 7) is 4.03. The number of halogens is 3. The lowest BCUT2D eigenvalue weighted by atomic mass is 10.1. The average molecular weight is 423 g/mol. The van der Waals surface area contributed by atoms with Crippen LogP contribution in [0.15, 0.2) is 23.0 Å². The van der Waals surface area contributed by atoms with E-state index in [1.165, 1.54) is 0 Å². The maximum absolute atomic E-state index is 11.9. The molecule has 6 heteroatoms. The molecule has 0 spiro atoms. The molecule has 1 aromatic carbocycles. The molecule has 106 valence electrons. The summed E-state index contributed by atoms with van der Waals surface area (Å²) in [7, 11) is 0. The molecule has 0 bridgehead atoms. The molecule has 0 atom stereocenters. The summed E-state index contributed by atoms with van der Waals surface area (Å²) >= 11 is 14.1. The maximum atomic E-state index is 11.9. The predicted molar refractivity (Wildman–Crippen MR) is 90.9 cm³/mol. The SMILES string of the molecule is CC(C)c1nc(Cc2ccc(Cl)cc2Cl)[nH]c(=O)c1I. The van der Waals surface area contributed by atoms with Crippen LogP contribution < -0.4 is 5.56 Å². The van der Waals surface area contributed by atoms with Crippen molar-refractivity contribution >= 4 is 45.8 Å². The Morgan fingerprint density at radius 2 is 2.05 bits per heavy atom. The topological polar surface area (TPSA) is 45.8 Å². The van der Waals surface area contributed by atoms with E-state index in [1.54, 1.807) is 12.1 Å². The fourth-order valence-electron chi connectivity index (χ4n) is 1.84. The number of hydrogen-bond donors (Lipinski definition) is 1. The van der Waals surface area contributed by atoms with E-state index in [0.717, 1.165) is 11.3 Å². The van der Waals surface area contributed by atoms with Gasteiger partial charge in [0.1, 0.15) is 5.82 Å². The van der Waals surface area contributed by atoms with Crippen molar-refractivity contribution in [3.8, 4) is 0 Å². The van der Waals surface area contributed by atoms with Gasteiger partial charge in [0, 0.05) is 16.5 Å². The third-order valence-corrected chi connectivity index (χ3v) is 4.49. The molecule has 2 aromatic rings. The van der Waals surface area contributed by atoms with E-state index in [9.17, 15) is 4.79 Å². The molecule has 0 amide bonds. The highest BCUT2D eigenvalue weighted by molar-refractivity contribution is 14.1. The van der Waals surface area contributed by atoms with Crippen molar-refractivity contribution in [3.63, 3.8) is 0 Å². The van der Waals surface area contributed by atoms with Gasteiger partial charge >= 0.3 is 0 Å². The highest BCUT2D eigenvalue weighted by Gasteiger charge is 2.13. The van der Waals surface area contributed by atoms with Crippen LogP contribution in [0.1, 0.15) is 36.8 Å². The van der Waals surface area contributed by atoms with E-state index in [-0.39, 0.29) is 11.5 Å². The van der Waals surface area contributed by atoms with Crippen LogP contribution in [0.25, 0.3) is 0 Å². The first kappa shape index (κ1) is 15.8. The van der Waals surface area contributed by atoms with Crippen LogP contribution in [0, 0.1) is 3.57 Å². The molecule has 3 nitrogen and oxygen atoms in total. The summed E-state index contributed by atoms with van der Waals surface area (Å²) in [6.07, 6.45) is 0.474. The van der Waals surface area contributed by atoms with E-state index in [4.69, 9.17) is 23.2 Å². The van der Waals surface area contributed by atoms with Crippen molar-refractivity contribution in [2.75, 3.05) is 0 Å². The fraction of sp³-hybridized carbons (Fsp3) is 0.286. The molecule has 0 fully saturated rings. The van der Waals surface area contributed by atoms with Crippen molar-refractivity contribution in [1.29, 1.82) is 0 Å². The average Bonchev–Trinajstić information content (AvgIpc) is 2.36. The molecule has 1 heterocycles. The molecule has 1 aromatic heterocycles. The summed E-state index contributed by atoms with van der Waals surface area (Å²) in [4.78, 5) is 19.3. The largest absolute Gasteiger partial charge is 0.309 e. The van der Waals surface area contributed by atoms with Crippen LogP contribution in [0.5, 0.6) is 0 Å². The quantitative estimate of drug-likeness (QED) is 0.745. The van der Waals surface area contributed by atoms with Crippen LogP contribution in [0.2, 0.25) is 10.0 Å². The van der Waals surface area contributed by atoms with Crippen molar-refractivity contribution in [2.24, 2.45) is 0 Å². The first-order valence-electron chi connectivity index (χ1n) is 6.11. The van der Waals surface area contributed by atoms with Gasteiger partial charge in [0.2, 0.25) is 0 Å². The standard InChI is InChI=1S/C14H13Cl2IN2O/c1-7(2)13-12(17)14(20)19-11(18-13)5-8-3-4-9(15)6-10(8)16/h3-4,6-7H,5H2,1-2H3,(H,18,19,20). The summed E-state index contributed by atoms with van der Waals surface area (Å²) in [5.74, 6) is 0.812. The second-order valence-corrected chi connectivity index (χ2v) is 6.70. The minimum absolute atomic E-state index is 0.107. The first-order valence-corrected chi connectivity index (χ1v) is 7.94. The Bertz CT molecular complexity index is 698. The molecule has 1 N–H and O–H groups in total. The van der Waals surface area contributed by atoms with Gasteiger partial charge in [0.25, 0.3) is 5.56 Å². The summed E-state index contributed by atoms with van der Waals surface area (Å²) in [5.41, 5.74) is 1.59. The lowest BCUT2D eigenvalue weighted by molar-refractivity contribution is 0.774. The molecular weight excluding hydrogens is 410 g/mol. The zero-order valence-corrected chi connectivity index (χ0v) is 14.7. The van der Waals surface area contributed by atoms with Crippen LogP contribution in [-0.2, 0) is 6.42 Å². The van der Waals surface area contributed by atoms with Gasteiger partial charge in [0.05, 0.1) is 9.26 Å². The Balaban J connectivity index is 2.41. The van der Waals surface area contributed by atoms with Gasteiger partial charge in [-0.05, 0) is 46.2 Å². The van der Waals surface area contributed by atoms with Gasteiger partial charge < -0.3 is 4.98 Å². The molecule has 0 saturated heterocycles. The normalized spacial score (nSPS) is 11.1. The second-order valence-electron chi connectivity index (χ2n) is 4.78. The number of aromatic amines is 1.